The van der Waals surface area contributed by atoms with Gasteiger partial charge in [0.2, 0.25) is 0 Å². The summed E-state index contributed by atoms with van der Waals surface area (Å²) in [6, 6.07) is 3.25. The first kappa shape index (κ1) is 15.2. The van der Waals surface area contributed by atoms with Crippen molar-refractivity contribution < 1.29 is 0 Å². The topological polar surface area (TPSA) is 29.3 Å². The highest BCUT2D eigenvalue weighted by molar-refractivity contribution is 9.10. The molecule has 2 nitrogen and oxygen atoms in total. The van der Waals surface area contributed by atoms with Crippen molar-refractivity contribution in [2.45, 2.75) is 52.2 Å². The van der Waals surface area contributed by atoms with Gasteiger partial charge in [-0.05, 0) is 48.8 Å². The summed E-state index contributed by atoms with van der Waals surface area (Å²) in [4.78, 5) is 3.84. The van der Waals surface area contributed by atoms with Gasteiger partial charge in [-0.1, -0.05) is 13.8 Å². The fraction of sp³-hybridized carbons (Fsp3) is 0.692. The summed E-state index contributed by atoms with van der Waals surface area (Å²) in [5, 5.41) is 2.14. The van der Waals surface area contributed by atoms with Crippen LogP contribution in [0.15, 0.2) is 15.9 Å². The molecule has 1 aromatic heterocycles. The van der Waals surface area contributed by atoms with Crippen molar-refractivity contribution in [3.8, 4) is 0 Å². The average molecular weight is 319 g/mol. The van der Waals surface area contributed by atoms with Gasteiger partial charge in [-0.25, -0.2) is 0 Å². The van der Waals surface area contributed by atoms with Crippen LogP contribution >= 0.6 is 27.3 Å². The van der Waals surface area contributed by atoms with Gasteiger partial charge in [-0.3, -0.25) is 4.90 Å². The summed E-state index contributed by atoms with van der Waals surface area (Å²) in [7, 11) is 0. The highest BCUT2D eigenvalue weighted by Crippen LogP contribution is 2.33. The van der Waals surface area contributed by atoms with Gasteiger partial charge in [0.1, 0.15) is 0 Å². The van der Waals surface area contributed by atoms with Crippen LogP contribution < -0.4 is 5.73 Å². The average Bonchev–Trinajstić information content (AvgIpc) is 2.70. The Labute approximate surface area is 117 Å². The Kier molecular flexibility index (Phi) is 6.13. The lowest BCUT2D eigenvalue weighted by Crippen LogP contribution is -2.43. The Bertz CT molecular complexity index is 338. The first-order chi connectivity index (χ1) is 8.01. The maximum atomic E-state index is 6.32. The van der Waals surface area contributed by atoms with Crippen LogP contribution in [0.1, 0.15) is 45.0 Å². The molecule has 2 N–H and O–H groups in total. The zero-order valence-corrected chi connectivity index (χ0v) is 13.5. The van der Waals surface area contributed by atoms with E-state index in [1.807, 2.05) is 0 Å². The molecule has 0 radical (unpaired) electrons. The molecule has 98 valence electrons. The van der Waals surface area contributed by atoms with Crippen LogP contribution in [0.4, 0.5) is 0 Å². The fourth-order valence-electron chi connectivity index (χ4n) is 2.21. The molecule has 0 saturated carbocycles. The Morgan fingerprint density at radius 3 is 2.41 bits per heavy atom. The number of hydrogen-bond donors (Lipinski definition) is 1. The largest absolute Gasteiger partial charge is 0.326 e. The number of rotatable bonds is 6. The number of thiophene rings is 1. The molecule has 0 aliphatic rings. The van der Waals surface area contributed by atoms with Gasteiger partial charge in [-0.2, -0.15) is 0 Å². The van der Waals surface area contributed by atoms with Crippen molar-refractivity contribution in [2.24, 2.45) is 5.73 Å². The van der Waals surface area contributed by atoms with Crippen LogP contribution in [0.5, 0.6) is 0 Å². The lowest BCUT2D eigenvalue weighted by molar-refractivity contribution is 0.140. The van der Waals surface area contributed by atoms with Crippen LogP contribution in [0.3, 0.4) is 0 Å². The zero-order chi connectivity index (χ0) is 13.0. The molecule has 1 aromatic rings. The minimum absolute atomic E-state index is 0.197. The number of halogens is 1. The molecule has 0 fully saturated rings. The molecule has 17 heavy (non-hydrogen) atoms. The van der Waals surface area contributed by atoms with E-state index in [0.29, 0.717) is 12.1 Å². The zero-order valence-electron chi connectivity index (χ0n) is 11.1. The second-order valence-electron chi connectivity index (χ2n) is 4.61. The Balaban J connectivity index is 3.02. The van der Waals surface area contributed by atoms with Crippen molar-refractivity contribution in [3.63, 3.8) is 0 Å². The molecule has 1 rings (SSSR count). The highest BCUT2D eigenvalue weighted by atomic mass is 79.9. The van der Waals surface area contributed by atoms with Gasteiger partial charge in [0.15, 0.2) is 0 Å². The molecule has 2 unspecified atom stereocenters. The smallest absolute Gasteiger partial charge is 0.0595 e. The first-order valence-corrected chi connectivity index (χ1v) is 7.93. The summed E-state index contributed by atoms with van der Waals surface area (Å²) in [5.41, 5.74) is 6.32. The van der Waals surface area contributed by atoms with E-state index >= 15 is 0 Å². The second-order valence-corrected chi connectivity index (χ2v) is 6.47. The van der Waals surface area contributed by atoms with Crippen LogP contribution in [0, 0.1) is 0 Å². The van der Waals surface area contributed by atoms with E-state index in [1.54, 1.807) is 11.3 Å². The van der Waals surface area contributed by atoms with Gasteiger partial charge >= 0.3 is 0 Å². The van der Waals surface area contributed by atoms with Gasteiger partial charge < -0.3 is 5.73 Å². The molecule has 0 bridgehead atoms. The minimum atomic E-state index is 0.197. The molecule has 0 aliphatic carbocycles. The number of nitrogens with two attached hydrogens (primary N) is 1. The SMILES string of the molecule is CCC(N)C(c1cc(Br)cs1)N(CC)C(C)C. The lowest BCUT2D eigenvalue weighted by Gasteiger charge is -2.36. The van der Waals surface area contributed by atoms with Crippen molar-refractivity contribution in [3.05, 3.63) is 20.8 Å². The fourth-order valence-corrected chi connectivity index (χ4v) is 3.85. The van der Waals surface area contributed by atoms with Gasteiger partial charge in [0.05, 0.1) is 6.04 Å². The maximum Gasteiger partial charge on any atom is 0.0595 e. The van der Waals surface area contributed by atoms with E-state index in [0.717, 1.165) is 17.4 Å². The normalized spacial score (nSPS) is 15.5. The Morgan fingerprint density at radius 2 is 2.06 bits per heavy atom. The molecule has 1 heterocycles. The van der Waals surface area contributed by atoms with E-state index in [9.17, 15) is 0 Å². The van der Waals surface area contributed by atoms with E-state index in [4.69, 9.17) is 5.73 Å². The Morgan fingerprint density at radius 1 is 1.41 bits per heavy atom. The number of hydrogen-bond acceptors (Lipinski definition) is 3. The van der Waals surface area contributed by atoms with Crippen molar-refractivity contribution in [1.29, 1.82) is 0 Å². The minimum Gasteiger partial charge on any atom is -0.326 e. The third-order valence-corrected chi connectivity index (χ3v) is 4.91. The van der Waals surface area contributed by atoms with E-state index in [1.165, 1.54) is 4.88 Å². The molecule has 0 amide bonds. The summed E-state index contributed by atoms with van der Waals surface area (Å²) in [5.74, 6) is 0. The second kappa shape index (κ2) is 6.88. The molecular formula is C13H23BrN2S. The van der Waals surface area contributed by atoms with Crippen molar-refractivity contribution in [1.82, 2.24) is 4.90 Å². The summed E-state index contributed by atoms with van der Waals surface area (Å²) in [6.45, 7) is 9.88. The highest BCUT2D eigenvalue weighted by Gasteiger charge is 2.27. The summed E-state index contributed by atoms with van der Waals surface area (Å²) in [6.07, 6.45) is 1.00. The molecule has 0 saturated heterocycles. The molecule has 2 atom stereocenters. The maximum absolute atomic E-state index is 6.32. The van der Waals surface area contributed by atoms with Gasteiger partial charge in [-0.15, -0.1) is 11.3 Å². The summed E-state index contributed by atoms with van der Waals surface area (Å²) < 4.78 is 1.16. The molecule has 4 heteroatoms. The summed E-state index contributed by atoms with van der Waals surface area (Å²) >= 11 is 5.32. The predicted octanol–water partition coefficient (Wildman–Crippen LogP) is 4.02. The van der Waals surface area contributed by atoms with Crippen LogP contribution in [0.25, 0.3) is 0 Å². The van der Waals surface area contributed by atoms with Crippen molar-refractivity contribution in [2.75, 3.05) is 6.54 Å². The van der Waals surface area contributed by atoms with Gasteiger partial charge in [0.25, 0.3) is 0 Å². The van der Waals surface area contributed by atoms with E-state index in [-0.39, 0.29) is 6.04 Å². The third kappa shape index (κ3) is 3.78. The molecular weight excluding hydrogens is 296 g/mol. The van der Waals surface area contributed by atoms with E-state index < -0.39 is 0 Å². The molecule has 0 spiro atoms. The van der Waals surface area contributed by atoms with Crippen LogP contribution in [-0.2, 0) is 0 Å². The Hall–Kier alpha value is 0.1000. The van der Waals surface area contributed by atoms with Crippen LogP contribution in [-0.4, -0.2) is 23.5 Å². The standard InChI is InChI=1S/C13H23BrN2S/c1-5-11(15)13(16(6-2)9(3)4)12-7-10(14)8-17-12/h7-9,11,13H,5-6,15H2,1-4H3. The quantitative estimate of drug-likeness (QED) is 0.858. The monoisotopic (exact) mass is 318 g/mol. The van der Waals surface area contributed by atoms with Gasteiger partial charge in [0, 0.05) is 26.8 Å². The molecule has 0 aromatic carbocycles. The van der Waals surface area contributed by atoms with Crippen LogP contribution in [0.2, 0.25) is 0 Å². The third-order valence-electron chi connectivity index (χ3n) is 3.14. The molecule has 0 aliphatic heterocycles. The number of likely N-dealkylation sites (N-methyl/N-ethyl adjacent to an activating group) is 1. The lowest BCUT2D eigenvalue weighted by atomic mass is 10.0. The van der Waals surface area contributed by atoms with Crippen molar-refractivity contribution >= 4 is 27.3 Å². The predicted molar refractivity (Wildman–Crippen MR) is 80.5 cm³/mol. The number of nitrogens with zero attached hydrogens (tertiary/aromatic N) is 1. The first-order valence-electron chi connectivity index (χ1n) is 6.26. The van der Waals surface area contributed by atoms with E-state index in [2.05, 4.69) is 60.0 Å².